The Morgan fingerprint density at radius 1 is 1.04 bits per heavy atom. The van der Waals surface area contributed by atoms with Gasteiger partial charge in [0.1, 0.15) is 0 Å². The van der Waals surface area contributed by atoms with Gasteiger partial charge in [0, 0.05) is 27.2 Å². The number of likely N-dealkylation sites (tertiary alicyclic amines) is 1. The molecule has 0 spiro atoms. The zero-order valence-electron chi connectivity index (χ0n) is 12.5. The van der Waals surface area contributed by atoms with Crippen molar-refractivity contribution in [1.29, 1.82) is 0 Å². The van der Waals surface area contributed by atoms with Crippen LogP contribution in [0, 0.1) is 23.3 Å². The van der Waals surface area contributed by atoms with Crippen molar-refractivity contribution in [1.82, 2.24) is 9.21 Å². The van der Waals surface area contributed by atoms with Crippen molar-refractivity contribution >= 4 is 16.1 Å². The normalized spacial score (nSPS) is 14.5. The van der Waals surface area contributed by atoms with E-state index in [-0.39, 0.29) is 0 Å². The molecule has 0 N–H and O–H groups in total. The highest BCUT2D eigenvalue weighted by atomic mass is 32.2. The first-order valence-electron chi connectivity index (χ1n) is 6.51. The van der Waals surface area contributed by atoms with E-state index in [0.717, 1.165) is 19.0 Å². The van der Waals surface area contributed by atoms with Gasteiger partial charge in [0.05, 0.1) is 0 Å². The van der Waals surface area contributed by atoms with Crippen LogP contribution in [-0.2, 0) is 14.9 Å². The Bertz CT molecular complexity index is 780. The largest absolute Gasteiger partial charge is 0.452 e. The van der Waals surface area contributed by atoms with Crippen LogP contribution in [0.15, 0.2) is 4.90 Å². The molecule has 0 aromatic heterocycles. The van der Waals surface area contributed by atoms with Gasteiger partial charge in [0.2, 0.25) is 27.4 Å². The standard InChI is InChI=1S/C12H12F4N2O5S/c1-17(2)24(20,21)11-9(16)7(14)6(13)8(15)10(11)22-23-12(19)18-4-3-5-18/h3-5H2,1-2H3. The molecule has 1 fully saturated rings. The molecule has 0 atom stereocenters. The first-order valence-corrected chi connectivity index (χ1v) is 7.95. The lowest BCUT2D eigenvalue weighted by molar-refractivity contribution is -0.162. The Kier molecular flexibility index (Phi) is 4.90. The average Bonchev–Trinajstić information content (AvgIpc) is 2.45. The SMILES string of the molecule is CN(C)S(=O)(=O)c1c(F)c(F)c(F)c(F)c1OOC(=O)N1CCC1. The fourth-order valence-electron chi connectivity index (χ4n) is 1.71. The maximum atomic E-state index is 13.9. The summed E-state index contributed by atoms with van der Waals surface area (Å²) in [5.74, 6) is -10.6. The summed E-state index contributed by atoms with van der Waals surface area (Å²) < 4.78 is 79.0. The van der Waals surface area contributed by atoms with Gasteiger partial charge in [-0.3, -0.25) is 4.89 Å². The molecular formula is C12H12F4N2O5S. The van der Waals surface area contributed by atoms with Gasteiger partial charge in [-0.25, -0.2) is 35.6 Å². The first-order chi connectivity index (χ1) is 11.1. The lowest BCUT2D eigenvalue weighted by Crippen LogP contribution is -2.42. The highest BCUT2D eigenvalue weighted by Crippen LogP contribution is 2.35. The number of sulfonamides is 1. The molecule has 1 saturated heterocycles. The Morgan fingerprint density at radius 3 is 2.04 bits per heavy atom. The first kappa shape index (κ1) is 18.3. The van der Waals surface area contributed by atoms with E-state index in [9.17, 15) is 30.8 Å². The van der Waals surface area contributed by atoms with Crippen LogP contribution in [0.2, 0.25) is 0 Å². The predicted octanol–water partition coefficient (Wildman–Crippen LogP) is 1.63. The lowest BCUT2D eigenvalue weighted by atomic mass is 10.2. The van der Waals surface area contributed by atoms with E-state index >= 15 is 0 Å². The summed E-state index contributed by atoms with van der Waals surface area (Å²) in [6.45, 7) is 0.638. The number of nitrogens with zero attached hydrogens (tertiary/aromatic N) is 2. The smallest absolute Gasteiger partial charge is 0.305 e. The number of hydrogen-bond donors (Lipinski definition) is 0. The van der Waals surface area contributed by atoms with Gasteiger partial charge in [0.25, 0.3) is 0 Å². The van der Waals surface area contributed by atoms with E-state index in [0.29, 0.717) is 23.8 Å². The molecule has 2 rings (SSSR count). The number of carbonyl (C=O) groups excluding carboxylic acids is 1. The third kappa shape index (κ3) is 2.98. The second-order valence-corrected chi connectivity index (χ2v) is 7.06. The molecule has 0 bridgehead atoms. The van der Waals surface area contributed by atoms with Crippen molar-refractivity contribution < 1.29 is 40.5 Å². The number of rotatable bonds is 4. The fourth-order valence-corrected chi connectivity index (χ4v) is 2.75. The van der Waals surface area contributed by atoms with Gasteiger partial charge >= 0.3 is 6.09 Å². The maximum absolute atomic E-state index is 13.9. The molecule has 1 aliphatic heterocycles. The molecule has 0 unspecified atom stereocenters. The van der Waals surface area contributed by atoms with Crippen LogP contribution in [0.3, 0.4) is 0 Å². The van der Waals surface area contributed by atoms with E-state index in [2.05, 4.69) is 9.78 Å². The third-order valence-electron chi connectivity index (χ3n) is 3.23. The van der Waals surface area contributed by atoms with Crippen LogP contribution in [0.25, 0.3) is 0 Å². The molecule has 7 nitrogen and oxygen atoms in total. The van der Waals surface area contributed by atoms with Crippen molar-refractivity contribution in [3.63, 3.8) is 0 Å². The summed E-state index contributed by atoms with van der Waals surface area (Å²) in [4.78, 5) is 19.4. The van der Waals surface area contributed by atoms with Crippen LogP contribution in [0.1, 0.15) is 6.42 Å². The molecule has 0 aliphatic carbocycles. The molecule has 1 aliphatic rings. The van der Waals surface area contributed by atoms with Crippen molar-refractivity contribution in [2.24, 2.45) is 0 Å². The van der Waals surface area contributed by atoms with Crippen LogP contribution in [0.4, 0.5) is 22.4 Å². The maximum Gasteiger partial charge on any atom is 0.452 e. The minimum atomic E-state index is -4.78. The molecule has 0 radical (unpaired) electrons. The summed E-state index contributed by atoms with van der Waals surface area (Å²) in [6.07, 6.45) is -0.428. The monoisotopic (exact) mass is 372 g/mol. The van der Waals surface area contributed by atoms with Crippen molar-refractivity contribution in [3.8, 4) is 5.75 Å². The zero-order chi connectivity index (χ0) is 18.2. The molecule has 0 saturated carbocycles. The number of halogens is 4. The highest BCUT2D eigenvalue weighted by molar-refractivity contribution is 7.89. The van der Waals surface area contributed by atoms with Crippen LogP contribution in [-0.4, -0.2) is 50.9 Å². The summed E-state index contributed by atoms with van der Waals surface area (Å²) in [6, 6.07) is 0. The Hall–Kier alpha value is -2.08. The number of hydrogen-bond acceptors (Lipinski definition) is 5. The summed E-state index contributed by atoms with van der Waals surface area (Å²) in [5, 5.41) is 0. The minimum absolute atomic E-state index is 0.319. The Labute approximate surface area is 134 Å². The molecule has 1 amide bonds. The number of carbonyl (C=O) groups is 1. The van der Waals surface area contributed by atoms with E-state index in [4.69, 9.17) is 0 Å². The summed E-state index contributed by atoms with van der Waals surface area (Å²) in [5.41, 5.74) is 0. The van der Waals surface area contributed by atoms with Crippen molar-refractivity contribution in [2.75, 3.05) is 27.2 Å². The topological polar surface area (TPSA) is 76.1 Å². The van der Waals surface area contributed by atoms with Crippen LogP contribution in [0.5, 0.6) is 5.75 Å². The lowest BCUT2D eigenvalue weighted by Gasteiger charge is -2.28. The highest BCUT2D eigenvalue weighted by Gasteiger charge is 2.37. The van der Waals surface area contributed by atoms with Gasteiger partial charge in [-0.15, -0.1) is 0 Å². The molecule has 1 aromatic carbocycles. The fraction of sp³-hybridized carbons (Fsp3) is 0.417. The minimum Gasteiger partial charge on any atom is -0.305 e. The average molecular weight is 372 g/mol. The Balaban J connectivity index is 2.50. The van der Waals surface area contributed by atoms with Crippen LogP contribution >= 0.6 is 0 Å². The van der Waals surface area contributed by atoms with Gasteiger partial charge in [-0.2, -0.15) is 4.39 Å². The zero-order valence-corrected chi connectivity index (χ0v) is 13.3. The van der Waals surface area contributed by atoms with Crippen LogP contribution < -0.4 is 4.89 Å². The second-order valence-electron chi connectivity index (χ2n) is 4.97. The van der Waals surface area contributed by atoms with Crippen molar-refractivity contribution in [3.05, 3.63) is 23.3 Å². The molecular weight excluding hydrogens is 360 g/mol. The summed E-state index contributed by atoms with van der Waals surface area (Å²) in [7, 11) is -2.88. The second kappa shape index (κ2) is 6.43. The van der Waals surface area contributed by atoms with Gasteiger partial charge in [-0.05, 0) is 6.42 Å². The van der Waals surface area contributed by atoms with E-state index in [1.54, 1.807) is 0 Å². The van der Waals surface area contributed by atoms with Crippen molar-refractivity contribution in [2.45, 2.75) is 11.3 Å². The quantitative estimate of drug-likeness (QED) is 0.264. The van der Waals surface area contributed by atoms with Gasteiger partial charge in [0.15, 0.2) is 16.5 Å². The van der Waals surface area contributed by atoms with E-state index in [1.807, 2.05) is 0 Å². The van der Waals surface area contributed by atoms with E-state index < -0.39 is 50.0 Å². The summed E-state index contributed by atoms with van der Waals surface area (Å²) >= 11 is 0. The van der Waals surface area contributed by atoms with E-state index in [1.165, 1.54) is 0 Å². The molecule has 1 aromatic rings. The predicted molar refractivity (Wildman–Crippen MR) is 70.4 cm³/mol. The molecule has 24 heavy (non-hydrogen) atoms. The molecule has 134 valence electrons. The number of amides is 1. The third-order valence-corrected chi connectivity index (χ3v) is 5.07. The van der Waals surface area contributed by atoms with Gasteiger partial charge in [-0.1, -0.05) is 0 Å². The molecule has 1 heterocycles. The van der Waals surface area contributed by atoms with Gasteiger partial charge < -0.3 is 4.90 Å². The molecule has 12 heteroatoms. The Morgan fingerprint density at radius 2 is 1.58 bits per heavy atom. The number of benzene rings is 1.